The Balaban J connectivity index is -0.000000144. The van der Waals surface area contributed by atoms with Crippen molar-refractivity contribution in [3.05, 3.63) is 0 Å². The second-order valence-corrected chi connectivity index (χ2v) is 4.40. The van der Waals surface area contributed by atoms with Crippen LogP contribution in [0.4, 0.5) is 0 Å². The standard InChI is InChI=1S/C8H14O4.2C4H5O2.Ir/c9-7(10)5-3-1-2-4-6-8(11)12;2*5-3-1-2-4-6;/h1-6H2,(H,9,10)(H,11,12);2*3H,1-2H2;/q;2*-1;. The molecule has 0 aromatic carbocycles. The van der Waals surface area contributed by atoms with Gasteiger partial charge in [-0.2, -0.15) is 0 Å². The summed E-state index contributed by atoms with van der Waals surface area (Å²) in [6.45, 7) is 0. The third kappa shape index (κ3) is 52.0. The summed E-state index contributed by atoms with van der Waals surface area (Å²) in [5, 5.41) is 16.5. The Bertz CT molecular complexity index is 308. The van der Waals surface area contributed by atoms with Crippen LogP contribution in [-0.2, 0) is 48.9 Å². The maximum absolute atomic E-state index is 10.0. The topological polar surface area (TPSA) is 143 Å². The van der Waals surface area contributed by atoms with Gasteiger partial charge in [0.2, 0.25) is 0 Å². The summed E-state index contributed by atoms with van der Waals surface area (Å²) in [5.74, 6) is -1.57. The van der Waals surface area contributed by atoms with E-state index in [1.54, 1.807) is 12.6 Å². The molecule has 0 aliphatic heterocycles. The fourth-order valence-electron chi connectivity index (χ4n) is 1.14. The number of hydrogen-bond donors (Lipinski definition) is 2. The number of hydrogen-bond acceptors (Lipinski definition) is 6. The van der Waals surface area contributed by atoms with Crippen LogP contribution in [0.5, 0.6) is 0 Å². The molecule has 0 rings (SSSR count). The molecule has 0 saturated heterocycles. The second kappa shape index (κ2) is 30.2. The average Bonchev–Trinajstić information content (AvgIpc) is 2.55. The molecular weight excluding hydrogens is 512 g/mol. The number of carbonyl (C=O) groups excluding carboxylic acids is 4. The Morgan fingerprint density at radius 3 is 1.20 bits per heavy atom. The van der Waals surface area contributed by atoms with Crippen molar-refractivity contribution in [1.29, 1.82) is 0 Å². The van der Waals surface area contributed by atoms with E-state index in [1.807, 2.05) is 0 Å². The van der Waals surface area contributed by atoms with E-state index in [9.17, 15) is 28.8 Å². The molecule has 0 saturated carbocycles. The van der Waals surface area contributed by atoms with Gasteiger partial charge in [-0.05, 0) is 25.7 Å². The van der Waals surface area contributed by atoms with Gasteiger partial charge in [0.05, 0.1) is 0 Å². The number of aldehydes is 2. The fourth-order valence-corrected chi connectivity index (χ4v) is 1.14. The van der Waals surface area contributed by atoms with E-state index in [-0.39, 0.29) is 45.8 Å². The van der Waals surface area contributed by atoms with Crippen LogP contribution in [0.3, 0.4) is 0 Å². The van der Waals surface area contributed by atoms with E-state index in [0.29, 0.717) is 38.3 Å². The zero-order valence-electron chi connectivity index (χ0n) is 13.9. The molecule has 0 spiro atoms. The van der Waals surface area contributed by atoms with Crippen molar-refractivity contribution in [3.8, 4) is 0 Å². The summed E-state index contributed by atoms with van der Waals surface area (Å²) in [5.41, 5.74) is 0. The molecule has 0 bridgehead atoms. The number of carbonyl (C=O) groups is 4. The minimum absolute atomic E-state index is 0. The molecule has 0 heterocycles. The maximum Gasteiger partial charge on any atom is 0.303 e. The van der Waals surface area contributed by atoms with Crippen molar-refractivity contribution >= 4 is 37.1 Å². The van der Waals surface area contributed by atoms with Crippen molar-refractivity contribution in [2.75, 3.05) is 0 Å². The molecule has 1 radical (unpaired) electrons. The Morgan fingerprint density at radius 1 is 0.720 bits per heavy atom. The Hall–Kier alpha value is -1.73. The Morgan fingerprint density at radius 2 is 1.04 bits per heavy atom. The van der Waals surface area contributed by atoms with Crippen molar-refractivity contribution in [2.24, 2.45) is 0 Å². The molecule has 0 aromatic rings. The van der Waals surface area contributed by atoms with Crippen LogP contribution in [0.15, 0.2) is 0 Å². The minimum atomic E-state index is -0.784. The fraction of sp³-hybridized carbons (Fsp3) is 0.625. The van der Waals surface area contributed by atoms with E-state index in [1.165, 1.54) is 0 Å². The molecule has 25 heavy (non-hydrogen) atoms. The van der Waals surface area contributed by atoms with Crippen LogP contribution in [0.1, 0.15) is 64.2 Å². The first-order valence-electron chi connectivity index (χ1n) is 7.47. The summed E-state index contributed by atoms with van der Waals surface area (Å²) in [6, 6.07) is 0. The van der Waals surface area contributed by atoms with Crippen molar-refractivity contribution in [3.63, 3.8) is 0 Å². The minimum Gasteiger partial charge on any atom is -0.542 e. The molecule has 0 amide bonds. The number of rotatable bonds is 13. The third-order valence-corrected chi connectivity index (χ3v) is 2.26. The molecule has 8 nitrogen and oxygen atoms in total. The van der Waals surface area contributed by atoms with Gasteiger partial charge >= 0.3 is 11.9 Å². The van der Waals surface area contributed by atoms with E-state index in [4.69, 9.17) is 10.2 Å². The van der Waals surface area contributed by atoms with Gasteiger partial charge in [-0.15, -0.1) is 12.8 Å². The quantitative estimate of drug-likeness (QED) is 0.206. The SMILES string of the molecule is O=C(O)CCCCCCC(=O)O.O=[C-]CCC=O.O=[C-]CCC=O.[Ir]. The van der Waals surface area contributed by atoms with Gasteiger partial charge in [0, 0.05) is 32.9 Å². The Labute approximate surface area is 160 Å². The van der Waals surface area contributed by atoms with Crippen LogP contribution in [0.25, 0.3) is 0 Å². The normalized spacial score (nSPS) is 8.16. The summed E-state index contributed by atoms with van der Waals surface area (Å²) < 4.78 is 0. The van der Waals surface area contributed by atoms with Crippen LogP contribution in [-0.4, -0.2) is 47.3 Å². The van der Waals surface area contributed by atoms with Gasteiger partial charge in [0.1, 0.15) is 12.6 Å². The maximum atomic E-state index is 10.0. The van der Waals surface area contributed by atoms with Gasteiger partial charge in [-0.25, -0.2) is 0 Å². The molecule has 2 N–H and O–H groups in total. The predicted octanol–water partition coefficient (Wildman–Crippen LogP) is 1.64. The Kier molecular flexibility index (Phi) is 37.5. The summed E-state index contributed by atoms with van der Waals surface area (Å²) in [6.07, 6.45) is 8.95. The monoisotopic (exact) mass is 537 g/mol. The van der Waals surface area contributed by atoms with E-state index >= 15 is 0 Å². The first kappa shape index (κ1) is 31.1. The number of aliphatic carboxylic acids is 2. The molecule has 0 unspecified atom stereocenters. The predicted molar refractivity (Wildman–Crippen MR) is 85.0 cm³/mol. The first-order chi connectivity index (χ1) is 11.5. The first-order valence-corrected chi connectivity index (χ1v) is 7.47. The third-order valence-electron chi connectivity index (χ3n) is 2.26. The largest absolute Gasteiger partial charge is 0.542 e. The van der Waals surface area contributed by atoms with Crippen LogP contribution < -0.4 is 0 Å². The van der Waals surface area contributed by atoms with Gasteiger partial charge in [0.25, 0.3) is 0 Å². The van der Waals surface area contributed by atoms with Crippen LogP contribution >= 0.6 is 0 Å². The van der Waals surface area contributed by atoms with E-state index in [2.05, 4.69) is 0 Å². The number of unbranched alkanes of at least 4 members (excludes halogenated alkanes) is 5. The molecule has 0 aromatic heterocycles. The van der Waals surface area contributed by atoms with E-state index < -0.39 is 11.9 Å². The zero-order chi connectivity index (χ0) is 19.1. The van der Waals surface area contributed by atoms with Gasteiger partial charge < -0.3 is 29.4 Å². The van der Waals surface area contributed by atoms with Gasteiger partial charge in [-0.1, -0.05) is 12.8 Å². The molecule has 9 heteroatoms. The molecule has 0 atom stereocenters. The molecule has 0 aliphatic rings. The van der Waals surface area contributed by atoms with E-state index in [0.717, 1.165) is 12.8 Å². The van der Waals surface area contributed by atoms with Crippen molar-refractivity contribution in [1.82, 2.24) is 0 Å². The second-order valence-electron chi connectivity index (χ2n) is 4.40. The van der Waals surface area contributed by atoms with Crippen molar-refractivity contribution < 1.29 is 59.1 Å². The van der Waals surface area contributed by atoms with Gasteiger partial charge in [0.15, 0.2) is 0 Å². The number of carboxylic acids is 2. The average molecular weight is 537 g/mol. The molecular formula is C16H24IrO8-2. The summed E-state index contributed by atoms with van der Waals surface area (Å²) >= 11 is 0. The van der Waals surface area contributed by atoms with Crippen LogP contribution in [0, 0.1) is 0 Å². The summed E-state index contributed by atoms with van der Waals surface area (Å²) in [7, 11) is 0. The molecule has 0 fully saturated rings. The van der Waals surface area contributed by atoms with Gasteiger partial charge in [-0.3, -0.25) is 22.2 Å². The molecule has 147 valence electrons. The van der Waals surface area contributed by atoms with Crippen LogP contribution in [0.2, 0.25) is 0 Å². The summed E-state index contributed by atoms with van der Waals surface area (Å²) in [4.78, 5) is 57.4. The number of carboxylic acid groups (broad SMARTS) is 2. The smallest absolute Gasteiger partial charge is 0.303 e. The van der Waals surface area contributed by atoms with Crippen molar-refractivity contribution in [2.45, 2.75) is 64.2 Å². The zero-order valence-corrected chi connectivity index (χ0v) is 16.3. The molecule has 0 aliphatic carbocycles.